The van der Waals surface area contributed by atoms with E-state index in [2.05, 4.69) is 64.5 Å². The minimum atomic E-state index is -0.328. The summed E-state index contributed by atoms with van der Waals surface area (Å²) in [6, 6.07) is 10.5. The van der Waals surface area contributed by atoms with Crippen molar-refractivity contribution in [2.24, 2.45) is 5.92 Å². The molecule has 8 heteroatoms. The van der Waals surface area contributed by atoms with Crippen LogP contribution in [0.25, 0.3) is 15.7 Å². The van der Waals surface area contributed by atoms with Gasteiger partial charge in [0.1, 0.15) is 11.6 Å². The number of aliphatic hydroxyl groups is 1. The number of anilines is 2. The molecule has 0 aliphatic carbocycles. The number of benzene rings is 1. The van der Waals surface area contributed by atoms with Crippen molar-refractivity contribution >= 4 is 38.7 Å². The van der Waals surface area contributed by atoms with Crippen molar-refractivity contribution in [1.29, 1.82) is 0 Å². The summed E-state index contributed by atoms with van der Waals surface area (Å²) in [6.07, 6.45) is 2.54. The molecule has 4 aromatic rings. The van der Waals surface area contributed by atoms with Crippen LogP contribution in [0.5, 0.6) is 0 Å². The quantitative estimate of drug-likeness (QED) is 0.340. The first-order chi connectivity index (χ1) is 15.6. The van der Waals surface area contributed by atoms with Crippen molar-refractivity contribution in [3.05, 3.63) is 53.0 Å². The van der Waals surface area contributed by atoms with E-state index in [9.17, 15) is 5.11 Å². The Labute approximate surface area is 191 Å². The van der Waals surface area contributed by atoms with Gasteiger partial charge in [0.05, 0.1) is 12.3 Å². The van der Waals surface area contributed by atoms with Crippen molar-refractivity contribution in [3.63, 3.8) is 0 Å². The minimum Gasteiger partial charge on any atom is -0.391 e. The fraction of sp³-hybridized carbons (Fsp3) is 0.417. The number of hydrogen-bond acceptors (Lipinski definition) is 7. The zero-order chi connectivity index (χ0) is 22.1. The maximum atomic E-state index is 10.3. The number of β-amino-alcohol motifs (C(OH)–C–C–N with tert-alkyl or cyclic N) is 1. The number of fused-ring (bicyclic) bond motifs is 2. The molecule has 0 radical (unpaired) electrons. The predicted octanol–water partition coefficient (Wildman–Crippen LogP) is 4.06. The lowest BCUT2D eigenvalue weighted by Gasteiger charge is -2.28. The highest BCUT2D eigenvalue weighted by molar-refractivity contribution is 7.17. The Bertz CT molecular complexity index is 1220. The molecule has 4 N–H and O–H groups in total. The molecule has 0 spiro atoms. The van der Waals surface area contributed by atoms with Crippen LogP contribution in [-0.2, 0) is 6.54 Å². The van der Waals surface area contributed by atoms with Gasteiger partial charge in [0.15, 0.2) is 5.65 Å². The summed E-state index contributed by atoms with van der Waals surface area (Å²) in [6.45, 7) is 7.33. The minimum absolute atomic E-state index is 0.220. The molecule has 168 valence electrons. The standard InChI is InChI=1S/C24H30N6OS/c1-15(2)19-12-28-30-23(27-11-17-14-32-21-6-4-3-5-18(17)21)9-22(29-24(19)30)26-10-16-7-8-25-13-20(16)31/h3-6,9,12,14-16,20,25,27,31H,7-8,10-11,13H2,1-2H3,(H,26,29)/t16?,20-/m0/s1. The van der Waals surface area contributed by atoms with E-state index in [0.717, 1.165) is 35.8 Å². The molecule has 0 amide bonds. The largest absolute Gasteiger partial charge is 0.391 e. The first-order valence-corrected chi connectivity index (χ1v) is 12.2. The third-order valence-electron chi connectivity index (χ3n) is 6.28. The highest BCUT2D eigenvalue weighted by atomic mass is 32.1. The Morgan fingerprint density at radius 2 is 2.16 bits per heavy atom. The number of nitrogens with zero attached hydrogens (tertiary/aromatic N) is 3. The Kier molecular flexibility index (Phi) is 5.99. The zero-order valence-corrected chi connectivity index (χ0v) is 19.3. The van der Waals surface area contributed by atoms with Crippen molar-refractivity contribution in [2.75, 3.05) is 30.3 Å². The van der Waals surface area contributed by atoms with E-state index >= 15 is 0 Å². The monoisotopic (exact) mass is 450 g/mol. The molecule has 4 heterocycles. The summed E-state index contributed by atoms with van der Waals surface area (Å²) < 4.78 is 3.20. The summed E-state index contributed by atoms with van der Waals surface area (Å²) >= 11 is 1.77. The summed E-state index contributed by atoms with van der Waals surface area (Å²) in [4.78, 5) is 4.88. The zero-order valence-electron chi connectivity index (χ0n) is 18.5. The van der Waals surface area contributed by atoms with Gasteiger partial charge in [-0.05, 0) is 41.3 Å². The van der Waals surface area contributed by atoms with Crippen LogP contribution in [0.3, 0.4) is 0 Å². The second-order valence-electron chi connectivity index (χ2n) is 8.83. The molecular formula is C24H30N6OS. The molecule has 1 saturated heterocycles. The number of nitrogens with one attached hydrogen (secondary N) is 3. The lowest BCUT2D eigenvalue weighted by atomic mass is 9.95. The van der Waals surface area contributed by atoms with Crippen LogP contribution in [0.15, 0.2) is 41.9 Å². The van der Waals surface area contributed by atoms with Crippen LogP contribution in [0.2, 0.25) is 0 Å². The molecule has 0 bridgehead atoms. The molecule has 1 aromatic carbocycles. The summed E-state index contributed by atoms with van der Waals surface area (Å²) in [7, 11) is 0. The van der Waals surface area contributed by atoms with E-state index in [4.69, 9.17) is 4.98 Å². The van der Waals surface area contributed by atoms with E-state index in [-0.39, 0.29) is 12.0 Å². The van der Waals surface area contributed by atoms with Crippen LogP contribution in [0.1, 0.15) is 37.3 Å². The predicted molar refractivity (Wildman–Crippen MR) is 132 cm³/mol. The lowest BCUT2D eigenvalue weighted by molar-refractivity contribution is 0.0883. The van der Waals surface area contributed by atoms with Crippen molar-refractivity contribution in [3.8, 4) is 0 Å². The topological polar surface area (TPSA) is 86.5 Å². The highest BCUT2D eigenvalue weighted by Gasteiger charge is 2.23. The summed E-state index contributed by atoms with van der Waals surface area (Å²) in [5.41, 5.74) is 3.27. The molecule has 7 nitrogen and oxygen atoms in total. The van der Waals surface area contributed by atoms with E-state index < -0.39 is 0 Å². The number of aromatic nitrogens is 3. The van der Waals surface area contributed by atoms with Crippen LogP contribution >= 0.6 is 11.3 Å². The van der Waals surface area contributed by atoms with Gasteiger partial charge in [0.25, 0.3) is 0 Å². The van der Waals surface area contributed by atoms with Crippen molar-refractivity contribution in [2.45, 2.75) is 38.8 Å². The Morgan fingerprint density at radius 3 is 3.00 bits per heavy atom. The molecule has 2 atom stereocenters. The van der Waals surface area contributed by atoms with Crippen LogP contribution in [-0.4, -0.2) is 45.4 Å². The Balaban J connectivity index is 1.42. The van der Waals surface area contributed by atoms with Gasteiger partial charge >= 0.3 is 0 Å². The first-order valence-electron chi connectivity index (χ1n) is 11.3. The van der Waals surface area contributed by atoms with E-state index in [1.807, 2.05) is 16.8 Å². The first kappa shape index (κ1) is 21.2. The van der Waals surface area contributed by atoms with Gasteiger partial charge in [0.2, 0.25) is 0 Å². The SMILES string of the molecule is CC(C)c1cnn2c(NCc3csc4ccccc34)cc(NCC3CCNC[C@@H]3O)nc12. The molecular weight excluding hydrogens is 420 g/mol. The third kappa shape index (κ3) is 4.18. The molecule has 5 rings (SSSR count). The molecule has 3 aromatic heterocycles. The number of thiophene rings is 1. The average Bonchev–Trinajstić information content (AvgIpc) is 3.41. The van der Waals surface area contributed by atoms with E-state index in [1.54, 1.807) is 11.3 Å². The van der Waals surface area contributed by atoms with E-state index in [1.165, 1.54) is 15.6 Å². The lowest BCUT2D eigenvalue weighted by Crippen LogP contribution is -2.43. The number of hydrogen-bond donors (Lipinski definition) is 4. The molecule has 1 aliphatic rings. The molecule has 1 fully saturated rings. The summed E-state index contributed by atoms with van der Waals surface area (Å²) in [5.74, 6) is 2.27. The Morgan fingerprint density at radius 1 is 1.28 bits per heavy atom. The smallest absolute Gasteiger partial charge is 0.163 e. The number of aliphatic hydroxyl groups excluding tert-OH is 1. The van der Waals surface area contributed by atoms with Gasteiger partial charge in [-0.1, -0.05) is 32.0 Å². The maximum absolute atomic E-state index is 10.3. The van der Waals surface area contributed by atoms with Gasteiger partial charge in [-0.15, -0.1) is 11.3 Å². The van der Waals surface area contributed by atoms with Crippen molar-refractivity contribution in [1.82, 2.24) is 19.9 Å². The third-order valence-corrected chi connectivity index (χ3v) is 7.29. The second-order valence-corrected chi connectivity index (χ2v) is 9.74. The van der Waals surface area contributed by atoms with Gasteiger partial charge < -0.3 is 21.1 Å². The van der Waals surface area contributed by atoms with Gasteiger partial charge in [0, 0.05) is 41.9 Å². The Hall–Kier alpha value is -2.68. The fourth-order valence-corrected chi connectivity index (χ4v) is 5.29. The second kappa shape index (κ2) is 9.05. The van der Waals surface area contributed by atoms with Crippen molar-refractivity contribution < 1.29 is 5.11 Å². The average molecular weight is 451 g/mol. The van der Waals surface area contributed by atoms with Gasteiger partial charge in [-0.3, -0.25) is 0 Å². The van der Waals surface area contributed by atoms with Gasteiger partial charge in [-0.25, -0.2) is 4.98 Å². The number of piperidine rings is 1. The molecule has 32 heavy (non-hydrogen) atoms. The van der Waals surface area contributed by atoms with Crippen LogP contribution < -0.4 is 16.0 Å². The summed E-state index contributed by atoms with van der Waals surface area (Å²) in [5, 5.41) is 28.7. The van der Waals surface area contributed by atoms with Crippen LogP contribution in [0, 0.1) is 5.92 Å². The van der Waals surface area contributed by atoms with E-state index in [0.29, 0.717) is 25.6 Å². The number of rotatable bonds is 7. The van der Waals surface area contributed by atoms with Crippen LogP contribution in [0.4, 0.5) is 11.6 Å². The highest BCUT2D eigenvalue weighted by Crippen LogP contribution is 2.28. The fourth-order valence-electron chi connectivity index (χ4n) is 4.33. The molecule has 0 saturated carbocycles. The molecule has 1 aliphatic heterocycles. The van der Waals surface area contributed by atoms with Gasteiger partial charge in [-0.2, -0.15) is 9.61 Å². The normalized spacial score (nSPS) is 19.1. The molecule has 1 unspecified atom stereocenters. The maximum Gasteiger partial charge on any atom is 0.163 e.